The zero-order valence-electron chi connectivity index (χ0n) is 11.8. The monoisotopic (exact) mass is 291 g/mol. The summed E-state index contributed by atoms with van der Waals surface area (Å²) in [5, 5.41) is 9.30. The number of carbonyl (C=O) groups is 2. The minimum Gasteiger partial charge on any atom is -0.492 e. The number of amides is 1. The summed E-state index contributed by atoms with van der Waals surface area (Å²) >= 11 is 0. The lowest BCUT2D eigenvalue weighted by Crippen LogP contribution is -2.64. The Morgan fingerprint density at radius 3 is 2.86 bits per heavy atom. The van der Waals surface area contributed by atoms with Gasteiger partial charge in [0.25, 0.3) is 5.91 Å². The molecule has 2 aliphatic rings. The molecular formula is C15H17NO5. The van der Waals surface area contributed by atoms with Crippen LogP contribution in [0.4, 0.5) is 0 Å². The van der Waals surface area contributed by atoms with Gasteiger partial charge in [-0.2, -0.15) is 0 Å². The van der Waals surface area contributed by atoms with Crippen molar-refractivity contribution in [3.8, 4) is 5.75 Å². The van der Waals surface area contributed by atoms with E-state index in [-0.39, 0.29) is 25.6 Å². The highest BCUT2D eigenvalue weighted by Gasteiger charge is 2.52. The molecule has 0 bridgehead atoms. The third-order valence-electron chi connectivity index (χ3n) is 4.09. The number of carboxylic acids is 1. The van der Waals surface area contributed by atoms with Gasteiger partial charge in [0.05, 0.1) is 18.8 Å². The van der Waals surface area contributed by atoms with E-state index in [0.29, 0.717) is 17.9 Å². The number of para-hydroxylation sites is 1. The quantitative estimate of drug-likeness (QED) is 0.888. The zero-order valence-corrected chi connectivity index (χ0v) is 11.8. The Hall–Kier alpha value is -2.08. The Morgan fingerprint density at radius 2 is 2.19 bits per heavy atom. The summed E-state index contributed by atoms with van der Waals surface area (Å²) in [6, 6.07) is 5.51. The van der Waals surface area contributed by atoms with Crippen LogP contribution in [0.1, 0.15) is 15.9 Å². The molecule has 2 heterocycles. The summed E-state index contributed by atoms with van der Waals surface area (Å²) in [5.74, 6) is -0.466. The minimum atomic E-state index is -0.983. The molecule has 112 valence electrons. The molecule has 0 atom stereocenters. The van der Waals surface area contributed by atoms with E-state index in [9.17, 15) is 14.7 Å². The molecule has 0 saturated carbocycles. The third-order valence-corrected chi connectivity index (χ3v) is 4.09. The first kappa shape index (κ1) is 13.9. The lowest BCUT2D eigenvalue weighted by molar-refractivity contribution is -0.163. The van der Waals surface area contributed by atoms with Crippen molar-refractivity contribution in [2.75, 3.05) is 33.4 Å². The molecule has 1 aromatic rings. The summed E-state index contributed by atoms with van der Waals surface area (Å²) in [5.41, 5.74) is 0.563. The van der Waals surface area contributed by atoms with E-state index in [1.165, 1.54) is 12.0 Å². The maximum Gasteiger partial charge on any atom is 0.315 e. The van der Waals surface area contributed by atoms with Gasteiger partial charge < -0.3 is 19.5 Å². The van der Waals surface area contributed by atoms with E-state index in [1.54, 1.807) is 6.07 Å². The number of hydrogen-bond donors (Lipinski definition) is 1. The maximum atomic E-state index is 12.5. The number of aliphatic carboxylic acids is 1. The number of methoxy groups -OCH3 is 1. The molecular weight excluding hydrogens is 274 g/mol. The molecule has 3 rings (SSSR count). The highest BCUT2D eigenvalue weighted by atomic mass is 16.5. The smallest absolute Gasteiger partial charge is 0.315 e. The Labute approximate surface area is 122 Å². The highest BCUT2D eigenvalue weighted by molar-refractivity contribution is 5.99. The molecule has 21 heavy (non-hydrogen) atoms. The standard InChI is InChI=1S/C15H17NO5/c1-20-9-15(14(18)19)7-16(8-15)13(17)11-4-2-3-10-5-6-21-12(10)11/h2-4H,5-9H2,1H3,(H,18,19). The molecule has 6 nitrogen and oxygen atoms in total. The summed E-state index contributed by atoms with van der Waals surface area (Å²) in [6.45, 7) is 1.02. The van der Waals surface area contributed by atoms with Crippen LogP contribution >= 0.6 is 0 Å². The van der Waals surface area contributed by atoms with Crippen LogP contribution in [0.3, 0.4) is 0 Å². The molecule has 1 saturated heterocycles. The molecule has 0 aliphatic carbocycles. The van der Waals surface area contributed by atoms with Crippen LogP contribution in [-0.2, 0) is 16.0 Å². The number of fused-ring (bicyclic) bond motifs is 1. The molecule has 6 heteroatoms. The number of carboxylic acid groups (broad SMARTS) is 1. The van der Waals surface area contributed by atoms with E-state index >= 15 is 0 Å². The van der Waals surface area contributed by atoms with Gasteiger partial charge in [0.2, 0.25) is 0 Å². The van der Waals surface area contributed by atoms with Crippen LogP contribution in [0.15, 0.2) is 18.2 Å². The molecule has 0 spiro atoms. The SMILES string of the molecule is COCC1(C(=O)O)CN(C(=O)c2cccc3c2OCC3)C1. The molecule has 1 N–H and O–H groups in total. The van der Waals surface area contributed by atoms with Gasteiger partial charge in [-0.1, -0.05) is 12.1 Å². The summed E-state index contributed by atoms with van der Waals surface area (Å²) in [4.78, 5) is 25.4. The Balaban J connectivity index is 1.77. The molecule has 1 fully saturated rings. The fourth-order valence-corrected chi connectivity index (χ4v) is 2.95. The van der Waals surface area contributed by atoms with Crippen molar-refractivity contribution in [3.05, 3.63) is 29.3 Å². The largest absolute Gasteiger partial charge is 0.492 e. The second-order valence-corrected chi connectivity index (χ2v) is 5.57. The first-order chi connectivity index (χ1) is 10.1. The lowest BCUT2D eigenvalue weighted by Gasteiger charge is -2.46. The van der Waals surface area contributed by atoms with Gasteiger partial charge in [0.1, 0.15) is 11.2 Å². The molecule has 1 amide bonds. The van der Waals surface area contributed by atoms with Gasteiger partial charge in [-0.15, -0.1) is 0 Å². The fraction of sp³-hybridized carbons (Fsp3) is 0.467. The number of benzene rings is 1. The van der Waals surface area contributed by atoms with Crippen LogP contribution in [-0.4, -0.2) is 55.3 Å². The first-order valence-corrected chi connectivity index (χ1v) is 6.84. The predicted octanol–water partition coefficient (Wildman–Crippen LogP) is 0.795. The van der Waals surface area contributed by atoms with Crippen LogP contribution in [0.25, 0.3) is 0 Å². The number of hydrogen-bond acceptors (Lipinski definition) is 4. The van der Waals surface area contributed by atoms with Crippen molar-refractivity contribution >= 4 is 11.9 Å². The number of ether oxygens (including phenoxy) is 2. The van der Waals surface area contributed by atoms with Gasteiger partial charge in [0, 0.05) is 26.6 Å². The molecule has 0 aromatic heterocycles. The van der Waals surface area contributed by atoms with E-state index in [0.717, 1.165) is 12.0 Å². The van der Waals surface area contributed by atoms with E-state index in [2.05, 4.69) is 0 Å². The first-order valence-electron chi connectivity index (χ1n) is 6.84. The number of carbonyl (C=O) groups excluding carboxylic acids is 1. The summed E-state index contributed by atoms with van der Waals surface area (Å²) < 4.78 is 10.5. The normalized spacial score (nSPS) is 18.6. The number of nitrogens with zero attached hydrogens (tertiary/aromatic N) is 1. The number of likely N-dealkylation sites (tertiary alicyclic amines) is 1. The average molecular weight is 291 g/mol. The molecule has 1 aromatic carbocycles. The van der Waals surface area contributed by atoms with Crippen LogP contribution < -0.4 is 4.74 Å². The van der Waals surface area contributed by atoms with Crippen molar-refractivity contribution in [1.29, 1.82) is 0 Å². The topological polar surface area (TPSA) is 76.1 Å². The zero-order chi connectivity index (χ0) is 15.0. The van der Waals surface area contributed by atoms with Crippen molar-refractivity contribution in [2.45, 2.75) is 6.42 Å². The van der Waals surface area contributed by atoms with Crippen molar-refractivity contribution < 1.29 is 24.2 Å². The van der Waals surface area contributed by atoms with Gasteiger partial charge >= 0.3 is 5.97 Å². The van der Waals surface area contributed by atoms with E-state index in [1.807, 2.05) is 12.1 Å². The highest BCUT2D eigenvalue weighted by Crippen LogP contribution is 2.36. The van der Waals surface area contributed by atoms with Gasteiger partial charge in [-0.3, -0.25) is 9.59 Å². The molecule has 2 aliphatic heterocycles. The predicted molar refractivity (Wildman–Crippen MR) is 73.5 cm³/mol. The van der Waals surface area contributed by atoms with Crippen LogP contribution in [0.2, 0.25) is 0 Å². The van der Waals surface area contributed by atoms with Crippen molar-refractivity contribution in [3.63, 3.8) is 0 Å². The minimum absolute atomic E-state index is 0.107. The summed E-state index contributed by atoms with van der Waals surface area (Å²) in [6.07, 6.45) is 0.805. The maximum absolute atomic E-state index is 12.5. The number of rotatable bonds is 4. The summed E-state index contributed by atoms with van der Waals surface area (Å²) in [7, 11) is 1.47. The Morgan fingerprint density at radius 1 is 1.43 bits per heavy atom. The Kier molecular flexibility index (Phi) is 3.33. The fourth-order valence-electron chi connectivity index (χ4n) is 2.95. The van der Waals surface area contributed by atoms with Crippen LogP contribution in [0, 0.1) is 5.41 Å². The second-order valence-electron chi connectivity index (χ2n) is 5.57. The molecule has 0 unspecified atom stereocenters. The van der Waals surface area contributed by atoms with Gasteiger partial charge in [-0.25, -0.2) is 0 Å². The third kappa shape index (κ3) is 2.15. The lowest BCUT2D eigenvalue weighted by atomic mass is 9.80. The second kappa shape index (κ2) is 5.04. The Bertz CT molecular complexity index is 592. The van der Waals surface area contributed by atoms with Gasteiger partial charge in [0.15, 0.2) is 0 Å². The van der Waals surface area contributed by atoms with Crippen LogP contribution in [0.5, 0.6) is 5.75 Å². The van der Waals surface area contributed by atoms with Crippen molar-refractivity contribution in [2.24, 2.45) is 5.41 Å². The molecule has 0 radical (unpaired) electrons. The van der Waals surface area contributed by atoms with Crippen molar-refractivity contribution in [1.82, 2.24) is 4.90 Å². The van der Waals surface area contributed by atoms with E-state index in [4.69, 9.17) is 9.47 Å². The average Bonchev–Trinajstić information content (AvgIpc) is 2.89. The van der Waals surface area contributed by atoms with E-state index < -0.39 is 11.4 Å². The van der Waals surface area contributed by atoms with Gasteiger partial charge in [-0.05, 0) is 11.6 Å².